The summed E-state index contributed by atoms with van der Waals surface area (Å²) in [5.41, 5.74) is 2.43. The van der Waals surface area contributed by atoms with Gasteiger partial charge in [-0.05, 0) is 30.7 Å². The molecule has 0 radical (unpaired) electrons. The number of hydrogen-bond donors (Lipinski definition) is 2. The first-order valence-electron chi connectivity index (χ1n) is 14.2. The Morgan fingerprint density at radius 2 is 1.90 bits per heavy atom. The molecule has 1 aliphatic heterocycles. The van der Waals surface area contributed by atoms with E-state index < -0.39 is 30.8 Å². The molecule has 4 heterocycles. The number of aryl methyl sites for hydroxylation is 1. The molecule has 0 unspecified atom stereocenters. The third-order valence-electron chi connectivity index (χ3n) is 6.52. The SMILES string of the molecule is [2H]C([2H])([2H])Oc1ccc2nc(-c3cccc(CC)n3)c(C(=O)N[C@H]3N=C(c4ccccc4)c4cccc(F)c4NC3=O)n2n1. The number of amides is 2. The van der Waals surface area contributed by atoms with E-state index in [4.69, 9.17) is 8.85 Å². The Balaban J connectivity index is 1.47. The van der Waals surface area contributed by atoms with E-state index in [0.717, 1.165) is 10.2 Å². The first-order chi connectivity index (χ1) is 21.1. The number of methoxy groups -OCH3 is 1. The number of halogens is 1. The minimum absolute atomic E-state index is 0.0685. The zero-order valence-electron chi connectivity index (χ0n) is 24.6. The topological polar surface area (TPSA) is 123 Å². The first-order valence-corrected chi connectivity index (χ1v) is 12.7. The second kappa shape index (κ2) is 10.6. The largest absolute Gasteiger partial charge is 0.480 e. The van der Waals surface area contributed by atoms with E-state index in [9.17, 15) is 14.0 Å². The van der Waals surface area contributed by atoms with Gasteiger partial charge in [-0.3, -0.25) is 14.6 Å². The number of pyridine rings is 1. The van der Waals surface area contributed by atoms with Crippen molar-refractivity contribution in [3.63, 3.8) is 0 Å². The highest BCUT2D eigenvalue weighted by Gasteiger charge is 2.31. The molecular weight excluding hydrogens is 525 g/mol. The standard InChI is InChI=1S/C30H24FN7O3/c1-3-18-11-7-14-21(32-18)26-27(38-22(33-26)15-16-23(37-38)41-2)29(39)36-28-30(40)35-25-19(12-8-13-20(25)31)24(34-28)17-9-5-4-6-10-17/h4-16,28H,3H2,1-2H3,(H,35,40)(H,36,39)/t28-/m1/s1/i2D3. The molecule has 10 nitrogen and oxygen atoms in total. The predicted molar refractivity (Wildman–Crippen MR) is 151 cm³/mol. The van der Waals surface area contributed by atoms with Gasteiger partial charge in [0, 0.05) is 22.9 Å². The summed E-state index contributed by atoms with van der Waals surface area (Å²) in [6.07, 6.45) is -0.881. The van der Waals surface area contributed by atoms with Crippen LogP contribution in [0.1, 0.15) is 38.3 Å². The summed E-state index contributed by atoms with van der Waals surface area (Å²) >= 11 is 0. The normalized spacial score (nSPS) is 16.0. The van der Waals surface area contributed by atoms with Gasteiger partial charge in [0.25, 0.3) is 11.8 Å². The number of benzodiazepines with no additional fused rings is 1. The fourth-order valence-electron chi connectivity index (χ4n) is 4.58. The van der Waals surface area contributed by atoms with Gasteiger partial charge in [0.15, 0.2) is 11.3 Å². The van der Waals surface area contributed by atoms with Crippen LogP contribution in [0.15, 0.2) is 83.9 Å². The molecule has 6 rings (SSSR count). The Morgan fingerprint density at radius 3 is 2.71 bits per heavy atom. The van der Waals surface area contributed by atoms with Crippen LogP contribution in [0.3, 0.4) is 0 Å². The molecule has 41 heavy (non-hydrogen) atoms. The zero-order valence-corrected chi connectivity index (χ0v) is 21.6. The van der Waals surface area contributed by atoms with Crippen LogP contribution in [0.25, 0.3) is 17.0 Å². The number of ether oxygens (including phenoxy) is 1. The number of nitrogens with one attached hydrogen (secondary N) is 2. The maximum absolute atomic E-state index is 14.9. The number of imidazole rings is 1. The molecule has 0 saturated carbocycles. The van der Waals surface area contributed by atoms with Gasteiger partial charge in [-0.15, -0.1) is 5.10 Å². The van der Waals surface area contributed by atoms with E-state index in [2.05, 4.69) is 30.7 Å². The molecule has 2 amide bonds. The van der Waals surface area contributed by atoms with Crippen molar-refractivity contribution in [2.24, 2.45) is 4.99 Å². The molecule has 2 N–H and O–H groups in total. The van der Waals surface area contributed by atoms with Crippen molar-refractivity contribution in [3.05, 3.63) is 107 Å². The van der Waals surface area contributed by atoms with E-state index in [1.165, 1.54) is 24.3 Å². The summed E-state index contributed by atoms with van der Waals surface area (Å²) in [6.45, 7) is 1.93. The Labute approximate surface area is 238 Å². The Bertz CT molecular complexity index is 1940. The first kappa shape index (κ1) is 22.4. The van der Waals surface area contributed by atoms with Crippen molar-refractivity contribution in [3.8, 4) is 17.3 Å². The number of aromatic nitrogens is 4. The number of hydrogen-bond acceptors (Lipinski definition) is 7. The van der Waals surface area contributed by atoms with Gasteiger partial charge >= 0.3 is 0 Å². The maximum atomic E-state index is 14.9. The number of benzene rings is 2. The molecule has 2 aromatic carbocycles. The summed E-state index contributed by atoms with van der Waals surface area (Å²) in [5, 5.41) is 9.38. The molecule has 0 aliphatic carbocycles. The molecule has 0 fully saturated rings. The van der Waals surface area contributed by atoms with Crippen LogP contribution in [0.4, 0.5) is 10.1 Å². The molecule has 204 valence electrons. The molecule has 5 aromatic rings. The molecule has 0 bridgehead atoms. The zero-order chi connectivity index (χ0) is 31.0. The lowest BCUT2D eigenvalue weighted by atomic mass is 10.0. The number of rotatable bonds is 6. The lowest BCUT2D eigenvalue weighted by Crippen LogP contribution is -2.43. The second-order valence-electron chi connectivity index (χ2n) is 9.09. The summed E-state index contributed by atoms with van der Waals surface area (Å²) in [4.78, 5) is 41.2. The van der Waals surface area contributed by atoms with E-state index in [1.807, 2.05) is 13.0 Å². The molecule has 1 aliphatic rings. The van der Waals surface area contributed by atoms with Crippen molar-refractivity contribution in [2.75, 3.05) is 12.4 Å². The Morgan fingerprint density at radius 1 is 1.07 bits per heavy atom. The van der Waals surface area contributed by atoms with Gasteiger partial charge in [-0.1, -0.05) is 55.5 Å². The predicted octanol–water partition coefficient (Wildman–Crippen LogP) is 4.05. The van der Waals surface area contributed by atoms with E-state index in [1.54, 1.807) is 48.5 Å². The highest BCUT2D eigenvalue weighted by molar-refractivity contribution is 6.20. The second-order valence-corrected chi connectivity index (χ2v) is 9.09. The molecule has 0 spiro atoms. The van der Waals surface area contributed by atoms with Crippen LogP contribution in [-0.4, -0.2) is 50.3 Å². The highest BCUT2D eigenvalue weighted by Crippen LogP contribution is 2.28. The van der Waals surface area contributed by atoms with Crippen molar-refractivity contribution < 1.29 is 22.8 Å². The smallest absolute Gasteiger partial charge is 0.274 e. The molecular formula is C30H24FN7O3. The number of carbonyl (C=O) groups is 2. The van der Waals surface area contributed by atoms with E-state index >= 15 is 0 Å². The van der Waals surface area contributed by atoms with Crippen LogP contribution < -0.4 is 15.4 Å². The molecule has 3 aromatic heterocycles. The number of carbonyl (C=O) groups excluding carboxylic acids is 2. The summed E-state index contributed by atoms with van der Waals surface area (Å²) in [5.74, 6) is -2.55. The van der Waals surface area contributed by atoms with Crippen molar-refractivity contribution in [2.45, 2.75) is 19.5 Å². The third kappa shape index (κ3) is 4.78. The summed E-state index contributed by atoms with van der Waals surface area (Å²) in [7, 11) is -2.80. The number of fused-ring (bicyclic) bond motifs is 2. The molecule has 1 atom stereocenters. The molecule has 11 heteroatoms. The van der Waals surface area contributed by atoms with Crippen LogP contribution in [0.5, 0.6) is 5.88 Å². The average Bonchev–Trinajstić information content (AvgIpc) is 3.32. The fraction of sp³-hybridized carbons (Fsp3) is 0.133. The number of nitrogens with zero attached hydrogens (tertiary/aromatic N) is 5. The van der Waals surface area contributed by atoms with Crippen LogP contribution in [0, 0.1) is 5.82 Å². The quantitative estimate of drug-likeness (QED) is 0.328. The maximum Gasteiger partial charge on any atom is 0.274 e. The van der Waals surface area contributed by atoms with Crippen molar-refractivity contribution in [1.82, 2.24) is 24.9 Å². The van der Waals surface area contributed by atoms with Gasteiger partial charge in [-0.25, -0.2) is 18.9 Å². The molecule has 0 saturated heterocycles. The average molecular weight is 553 g/mol. The number of aliphatic imine (C=N–C) groups is 1. The highest BCUT2D eigenvalue weighted by atomic mass is 19.1. The lowest BCUT2D eigenvalue weighted by Gasteiger charge is -2.14. The van der Waals surface area contributed by atoms with E-state index in [-0.39, 0.29) is 34.3 Å². The minimum atomic E-state index is -2.80. The van der Waals surface area contributed by atoms with Crippen LogP contribution >= 0.6 is 0 Å². The van der Waals surface area contributed by atoms with Crippen molar-refractivity contribution in [1.29, 1.82) is 0 Å². The van der Waals surface area contributed by atoms with Gasteiger partial charge in [-0.2, -0.15) is 0 Å². The number of para-hydroxylation sites is 1. The summed E-state index contributed by atoms with van der Waals surface area (Å²) in [6, 6.07) is 21.2. The fourth-order valence-corrected chi connectivity index (χ4v) is 4.58. The van der Waals surface area contributed by atoms with Crippen LogP contribution in [0.2, 0.25) is 0 Å². The van der Waals surface area contributed by atoms with E-state index in [0.29, 0.717) is 23.2 Å². The van der Waals surface area contributed by atoms with Crippen molar-refractivity contribution >= 4 is 28.9 Å². The van der Waals surface area contributed by atoms with Gasteiger partial charge < -0.3 is 15.4 Å². The Hall–Kier alpha value is -5.45. The summed E-state index contributed by atoms with van der Waals surface area (Å²) < 4.78 is 43.3. The monoisotopic (exact) mass is 552 g/mol. The lowest BCUT2D eigenvalue weighted by molar-refractivity contribution is -0.117. The van der Waals surface area contributed by atoms with Gasteiger partial charge in [0.05, 0.1) is 28.2 Å². The van der Waals surface area contributed by atoms with Gasteiger partial charge in [0.2, 0.25) is 12.0 Å². The van der Waals surface area contributed by atoms with Crippen LogP contribution in [-0.2, 0) is 11.2 Å². The Kier molecular flexibility index (Phi) is 5.79. The minimum Gasteiger partial charge on any atom is -0.480 e. The number of anilines is 1. The third-order valence-corrected chi connectivity index (χ3v) is 6.52. The van der Waals surface area contributed by atoms with Gasteiger partial charge in [0.1, 0.15) is 11.5 Å².